The van der Waals surface area contributed by atoms with Crippen molar-refractivity contribution in [3.8, 4) is 11.8 Å². The predicted octanol–water partition coefficient (Wildman–Crippen LogP) is 2.61. The van der Waals surface area contributed by atoms with Gasteiger partial charge in [0.2, 0.25) is 17.7 Å². The molecule has 42 heavy (non-hydrogen) atoms. The molecule has 1 N–H and O–H groups in total. The van der Waals surface area contributed by atoms with Gasteiger partial charge in [-0.2, -0.15) is 5.26 Å². The van der Waals surface area contributed by atoms with Crippen LogP contribution in [0.4, 0.5) is 0 Å². The van der Waals surface area contributed by atoms with Gasteiger partial charge >= 0.3 is 0 Å². The number of imide groups is 1. The molecule has 4 aliphatic heterocycles. The maximum atomic E-state index is 13.1. The monoisotopic (exact) mass is 573 g/mol. The Kier molecular flexibility index (Phi) is 6.96. The Morgan fingerprint density at radius 3 is 2.48 bits per heavy atom. The topological polar surface area (TPSA) is 123 Å². The lowest BCUT2D eigenvalue weighted by Crippen LogP contribution is -2.60. The molecule has 222 valence electrons. The number of fused-ring (bicyclic) bond motifs is 1. The zero-order chi connectivity index (χ0) is 29.0. The molecule has 3 atom stereocenters. The van der Waals surface area contributed by atoms with Gasteiger partial charge in [-0.3, -0.25) is 29.4 Å². The van der Waals surface area contributed by atoms with E-state index in [1.54, 1.807) is 4.90 Å². The summed E-state index contributed by atoms with van der Waals surface area (Å²) in [7, 11) is 0. The Labute approximate surface area is 246 Å². The number of benzene rings is 1. The Morgan fingerprint density at radius 1 is 1.00 bits per heavy atom. The van der Waals surface area contributed by atoms with Crippen LogP contribution in [0, 0.1) is 28.6 Å². The average molecular weight is 574 g/mol. The van der Waals surface area contributed by atoms with Crippen LogP contribution in [0.1, 0.15) is 80.1 Å². The van der Waals surface area contributed by atoms with Crippen molar-refractivity contribution in [1.29, 1.82) is 5.26 Å². The van der Waals surface area contributed by atoms with Crippen molar-refractivity contribution in [3.63, 3.8) is 0 Å². The summed E-state index contributed by atoms with van der Waals surface area (Å²) in [5.74, 6) is 1.26. The minimum atomic E-state index is -0.711. The third kappa shape index (κ3) is 4.85. The zero-order valence-corrected chi connectivity index (χ0v) is 24.1. The Balaban J connectivity index is 0.935. The maximum absolute atomic E-state index is 13.1. The first-order valence-corrected chi connectivity index (χ1v) is 15.7. The van der Waals surface area contributed by atoms with Crippen molar-refractivity contribution in [2.75, 3.05) is 26.2 Å². The van der Waals surface area contributed by atoms with Crippen molar-refractivity contribution >= 4 is 23.6 Å². The summed E-state index contributed by atoms with van der Waals surface area (Å²) in [5, 5.41) is 11.7. The number of ether oxygens (including phenoxy) is 1. The lowest BCUT2D eigenvalue weighted by Gasteiger charge is -2.51. The molecule has 0 radical (unpaired) electrons. The van der Waals surface area contributed by atoms with Crippen molar-refractivity contribution in [1.82, 2.24) is 20.0 Å². The first kappa shape index (κ1) is 27.4. The molecule has 1 aromatic carbocycles. The van der Waals surface area contributed by atoms with Crippen LogP contribution in [0.5, 0.6) is 5.75 Å². The van der Waals surface area contributed by atoms with Crippen LogP contribution >= 0.6 is 0 Å². The molecule has 0 spiro atoms. The number of rotatable bonds is 6. The van der Waals surface area contributed by atoms with Crippen molar-refractivity contribution in [3.05, 3.63) is 29.3 Å². The molecule has 1 aromatic rings. The first-order valence-electron chi connectivity index (χ1n) is 15.7. The van der Waals surface area contributed by atoms with Crippen LogP contribution in [0.15, 0.2) is 18.2 Å². The van der Waals surface area contributed by atoms with Crippen LogP contribution < -0.4 is 10.1 Å². The summed E-state index contributed by atoms with van der Waals surface area (Å²) in [5.41, 5.74) is 0.758. The highest BCUT2D eigenvalue weighted by atomic mass is 16.5. The Morgan fingerprint density at radius 2 is 1.76 bits per heavy atom. The number of carbonyl (C=O) groups excluding carboxylic acids is 4. The Bertz CT molecular complexity index is 1340. The molecule has 2 saturated carbocycles. The van der Waals surface area contributed by atoms with Crippen LogP contribution in [-0.2, 0) is 20.9 Å². The largest absolute Gasteiger partial charge is 0.489 e. The molecular weight excluding hydrogens is 534 g/mol. The van der Waals surface area contributed by atoms with Gasteiger partial charge in [-0.25, -0.2) is 0 Å². The second kappa shape index (κ2) is 10.7. The van der Waals surface area contributed by atoms with Crippen molar-refractivity contribution < 1.29 is 23.9 Å². The van der Waals surface area contributed by atoms with Gasteiger partial charge in [0.25, 0.3) is 5.91 Å². The summed E-state index contributed by atoms with van der Waals surface area (Å²) in [6.45, 7) is 4.05. The highest BCUT2D eigenvalue weighted by molar-refractivity contribution is 6.05. The number of nitrogens with zero attached hydrogens (tertiary/aromatic N) is 4. The van der Waals surface area contributed by atoms with Crippen LogP contribution in [0.25, 0.3) is 0 Å². The van der Waals surface area contributed by atoms with Gasteiger partial charge in [-0.1, -0.05) is 6.42 Å². The number of hydrogen-bond acceptors (Lipinski definition) is 7. The molecule has 7 rings (SSSR count). The third-order valence-corrected chi connectivity index (χ3v) is 10.7. The molecule has 6 aliphatic rings. The fourth-order valence-electron chi connectivity index (χ4n) is 7.92. The first-order chi connectivity index (χ1) is 20.3. The van der Waals surface area contributed by atoms with Crippen LogP contribution in [-0.4, -0.2) is 82.7 Å². The van der Waals surface area contributed by atoms with Gasteiger partial charge in [-0.05, 0) is 87.0 Å². The van der Waals surface area contributed by atoms with E-state index in [-0.39, 0.29) is 30.2 Å². The van der Waals surface area contributed by atoms with E-state index < -0.39 is 17.4 Å². The van der Waals surface area contributed by atoms with E-state index in [0.717, 1.165) is 82.4 Å². The summed E-state index contributed by atoms with van der Waals surface area (Å²) >= 11 is 0. The van der Waals surface area contributed by atoms with E-state index in [4.69, 9.17) is 4.74 Å². The van der Waals surface area contributed by atoms with E-state index in [2.05, 4.69) is 16.3 Å². The SMILES string of the molecule is N#CC1(C(=O)N2CCC(C3CN([C@@H]4CCCC[C@H]4Oc4ccc5c(c4)CN(C4CCC(=O)NC4=O)C5=O)C3)CC2)CC1. The predicted molar refractivity (Wildman–Crippen MR) is 151 cm³/mol. The third-order valence-electron chi connectivity index (χ3n) is 10.7. The lowest BCUT2D eigenvalue weighted by atomic mass is 9.77. The minimum Gasteiger partial charge on any atom is -0.489 e. The number of likely N-dealkylation sites (tertiary alicyclic amines) is 2. The summed E-state index contributed by atoms with van der Waals surface area (Å²) in [6.07, 6.45) is 8.65. The maximum Gasteiger partial charge on any atom is 0.255 e. The minimum absolute atomic E-state index is 0.0560. The molecule has 2 aliphatic carbocycles. The normalized spacial score (nSPS) is 29.9. The lowest BCUT2D eigenvalue weighted by molar-refractivity contribution is -0.138. The number of nitrogens with one attached hydrogen (secondary N) is 1. The molecule has 3 saturated heterocycles. The smallest absolute Gasteiger partial charge is 0.255 e. The van der Waals surface area contributed by atoms with Gasteiger partial charge in [0.1, 0.15) is 23.3 Å². The summed E-state index contributed by atoms with van der Waals surface area (Å²) in [6, 6.07) is 7.65. The molecule has 5 fully saturated rings. The number of piperidine rings is 2. The number of carbonyl (C=O) groups is 4. The van der Waals surface area contributed by atoms with Gasteiger partial charge < -0.3 is 14.5 Å². The van der Waals surface area contributed by atoms with E-state index >= 15 is 0 Å². The van der Waals surface area contributed by atoms with E-state index in [9.17, 15) is 24.4 Å². The summed E-state index contributed by atoms with van der Waals surface area (Å²) < 4.78 is 6.60. The van der Waals surface area contributed by atoms with Crippen molar-refractivity contribution in [2.45, 2.75) is 88.9 Å². The number of hydrogen-bond donors (Lipinski definition) is 1. The fourth-order valence-corrected chi connectivity index (χ4v) is 7.92. The molecule has 1 unspecified atom stereocenters. The number of nitriles is 1. The van der Waals surface area contributed by atoms with Crippen LogP contribution in [0.3, 0.4) is 0 Å². The molecule has 0 bridgehead atoms. The highest BCUT2D eigenvalue weighted by Crippen LogP contribution is 2.47. The Hall–Kier alpha value is -3.45. The zero-order valence-electron chi connectivity index (χ0n) is 24.1. The van der Waals surface area contributed by atoms with Crippen LogP contribution in [0.2, 0.25) is 0 Å². The highest BCUT2D eigenvalue weighted by Gasteiger charge is 2.53. The second-order valence-electron chi connectivity index (χ2n) is 13.3. The molecule has 4 heterocycles. The van der Waals surface area contributed by atoms with E-state index in [1.807, 2.05) is 23.1 Å². The quantitative estimate of drug-likeness (QED) is 0.519. The molecule has 0 aromatic heterocycles. The van der Waals surface area contributed by atoms with Gasteiger partial charge in [0.05, 0.1) is 6.07 Å². The molecule has 10 heteroatoms. The molecule has 10 nitrogen and oxygen atoms in total. The van der Waals surface area contributed by atoms with Gasteiger partial charge in [0, 0.05) is 50.7 Å². The fraction of sp³-hybridized carbons (Fsp3) is 0.656. The molecule has 4 amide bonds. The molecular formula is C32H39N5O5. The van der Waals surface area contributed by atoms with E-state index in [1.165, 1.54) is 6.42 Å². The standard InChI is InChI=1S/C32H39N5O5/c33-19-32(11-12-32)31(41)35-13-9-20(10-14-35)22-16-36(17-22)25-3-1-2-4-27(25)42-23-5-6-24-21(15-23)18-37(30(24)40)26-7-8-28(38)34-29(26)39/h5-6,15,20,22,25-27H,1-4,7-14,16-18H2,(H,34,38,39)/t25-,26?,27-/m1/s1. The average Bonchev–Trinajstić information content (AvgIpc) is 3.71. The number of amides is 4. The second-order valence-corrected chi connectivity index (χ2v) is 13.3. The van der Waals surface area contributed by atoms with Gasteiger partial charge in [-0.15, -0.1) is 0 Å². The summed E-state index contributed by atoms with van der Waals surface area (Å²) in [4.78, 5) is 55.9. The van der Waals surface area contributed by atoms with Crippen molar-refractivity contribution in [2.24, 2.45) is 17.3 Å². The van der Waals surface area contributed by atoms with Gasteiger partial charge in [0.15, 0.2) is 0 Å². The van der Waals surface area contributed by atoms with E-state index in [0.29, 0.717) is 36.4 Å².